The van der Waals surface area contributed by atoms with E-state index in [1.807, 2.05) is 0 Å². The second-order valence-corrected chi connectivity index (χ2v) is 7.78. The first-order valence-electron chi connectivity index (χ1n) is 9.37. The molecule has 4 nitrogen and oxygen atoms in total. The van der Waals surface area contributed by atoms with Gasteiger partial charge in [0.05, 0.1) is 18.8 Å². The number of rotatable bonds is 5. The number of likely N-dealkylation sites (tertiary alicyclic amines) is 1. The first-order chi connectivity index (χ1) is 10.7. The summed E-state index contributed by atoms with van der Waals surface area (Å²) in [4.78, 5) is 5.29. The summed E-state index contributed by atoms with van der Waals surface area (Å²) in [5.74, 6) is 1.73. The van der Waals surface area contributed by atoms with Gasteiger partial charge in [0.25, 0.3) is 0 Å². The van der Waals surface area contributed by atoms with Crippen LogP contribution in [0.15, 0.2) is 0 Å². The van der Waals surface area contributed by atoms with Gasteiger partial charge in [-0.1, -0.05) is 0 Å². The van der Waals surface area contributed by atoms with Crippen LogP contribution < -0.4 is 0 Å². The van der Waals surface area contributed by atoms with E-state index in [4.69, 9.17) is 9.47 Å². The quantitative estimate of drug-likeness (QED) is 0.777. The smallest absolute Gasteiger partial charge is 0.0678 e. The van der Waals surface area contributed by atoms with Gasteiger partial charge in [0.15, 0.2) is 0 Å². The maximum Gasteiger partial charge on any atom is 0.0678 e. The zero-order valence-corrected chi connectivity index (χ0v) is 14.5. The first kappa shape index (κ1) is 16.7. The normalized spacial score (nSPS) is 36.0. The van der Waals surface area contributed by atoms with Crippen LogP contribution in [0, 0.1) is 11.8 Å². The van der Waals surface area contributed by atoms with Gasteiger partial charge in [-0.15, -0.1) is 0 Å². The number of nitrogens with zero attached hydrogens (tertiary/aromatic N) is 2. The maximum absolute atomic E-state index is 5.83. The molecule has 0 spiro atoms. The van der Waals surface area contributed by atoms with Crippen LogP contribution in [0.3, 0.4) is 0 Å². The van der Waals surface area contributed by atoms with Gasteiger partial charge in [0, 0.05) is 26.2 Å². The summed E-state index contributed by atoms with van der Waals surface area (Å²) >= 11 is 0. The summed E-state index contributed by atoms with van der Waals surface area (Å²) in [6.45, 7) is 13.8. The predicted octanol–water partition coefficient (Wildman–Crippen LogP) is 2.23. The molecule has 0 bridgehead atoms. The molecule has 3 rings (SSSR count). The highest BCUT2D eigenvalue weighted by Gasteiger charge is 2.26. The Hall–Kier alpha value is -0.160. The summed E-state index contributed by atoms with van der Waals surface area (Å²) in [5, 5.41) is 0. The first-order valence-corrected chi connectivity index (χ1v) is 9.37. The van der Waals surface area contributed by atoms with Crippen molar-refractivity contribution in [3.8, 4) is 0 Å². The van der Waals surface area contributed by atoms with E-state index in [2.05, 4.69) is 23.6 Å². The summed E-state index contributed by atoms with van der Waals surface area (Å²) < 4.78 is 11.3. The Balaban J connectivity index is 1.31. The molecule has 0 aromatic carbocycles. The van der Waals surface area contributed by atoms with E-state index in [0.717, 1.165) is 38.1 Å². The van der Waals surface area contributed by atoms with Crippen LogP contribution in [0.5, 0.6) is 0 Å². The summed E-state index contributed by atoms with van der Waals surface area (Å²) in [7, 11) is 0. The Morgan fingerprint density at radius 3 is 2.27 bits per heavy atom. The molecule has 3 saturated heterocycles. The molecule has 0 aromatic heterocycles. The molecule has 0 saturated carbocycles. The molecular formula is C18H34N2O2. The number of hydrogen-bond acceptors (Lipinski definition) is 4. The molecule has 0 aliphatic carbocycles. The second-order valence-electron chi connectivity index (χ2n) is 7.78. The SMILES string of the molecule is C[C@@H]1CN(CCC2CCN(C[C@H]3CCOC3)CC2)C[C@H](C)O1. The van der Waals surface area contributed by atoms with Crippen LogP contribution in [-0.2, 0) is 9.47 Å². The molecule has 0 aromatic rings. The second kappa shape index (κ2) is 8.09. The highest BCUT2D eigenvalue weighted by molar-refractivity contribution is 4.78. The van der Waals surface area contributed by atoms with Gasteiger partial charge in [-0.2, -0.15) is 0 Å². The fraction of sp³-hybridized carbons (Fsp3) is 1.00. The number of ether oxygens (including phenoxy) is 2. The third-order valence-corrected chi connectivity index (χ3v) is 5.60. The Labute approximate surface area is 136 Å². The van der Waals surface area contributed by atoms with Crippen LogP contribution in [-0.4, -0.2) is 74.5 Å². The third kappa shape index (κ3) is 4.92. The molecular weight excluding hydrogens is 276 g/mol. The molecule has 4 heteroatoms. The monoisotopic (exact) mass is 310 g/mol. The number of hydrogen-bond donors (Lipinski definition) is 0. The van der Waals surface area contributed by atoms with Crippen molar-refractivity contribution in [1.82, 2.24) is 9.80 Å². The highest BCUT2D eigenvalue weighted by atomic mass is 16.5. The predicted molar refractivity (Wildman–Crippen MR) is 89.2 cm³/mol. The molecule has 0 unspecified atom stereocenters. The Bertz CT molecular complexity index is 315. The van der Waals surface area contributed by atoms with Gasteiger partial charge < -0.3 is 14.4 Å². The van der Waals surface area contributed by atoms with Crippen LogP contribution in [0.2, 0.25) is 0 Å². The van der Waals surface area contributed by atoms with Crippen LogP contribution in [0.25, 0.3) is 0 Å². The van der Waals surface area contributed by atoms with Crippen molar-refractivity contribution in [2.24, 2.45) is 11.8 Å². The van der Waals surface area contributed by atoms with Crippen molar-refractivity contribution < 1.29 is 9.47 Å². The summed E-state index contributed by atoms with van der Waals surface area (Å²) in [5.41, 5.74) is 0. The van der Waals surface area contributed by atoms with Crippen LogP contribution in [0.1, 0.15) is 39.5 Å². The van der Waals surface area contributed by atoms with Crippen molar-refractivity contribution in [2.75, 3.05) is 52.5 Å². The van der Waals surface area contributed by atoms with E-state index in [9.17, 15) is 0 Å². The molecule has 3 atom stereocenters. The Kier molecular flexibility index (Phi) is 6.14. The van der Waals surface area contributed by atoms with Gasteiger partial charge in [-0.05, 0) is 71.0 Å². The van der Waals surface area contributed by atoms with Crippen molar-refractivity contribution in [1.29, 1.82) is 0 Å². The summed E-state index contributed by atoms with van der Waals surface area (Å²) in [6, 6.07) is 0. The molecule has 128 valence electrons. The van der Waals surface area contributed by atoms with Crippen molar-refractivity contribution in [3.63, 3.8) is 0 Å². The van der Waals surface area contributed by atoms with Gasteiger partial charge in [0.1, 0.15) is 0 Å². The largest absolute Gasteiger partial charge is 0.381 e. The zero-order chi connectivity index (χ0) is 15.4. The maximum atomic E-state index is 5.83. The van der Waals surface area contributed by atoms with Crippen molar-refractivity contribution in [2.45, 2.75) is 51.7 Å². The van der Waals surface area contributed by atoms with E-state index in [1.165, 1.54) is 51.9 Å². The lowest BCUT2D eigenvalue weighted by Gasteiger charge is -2.37. The van der Waals surface area contributed by atoms with Gasteiger partial charge in [-0.25, -0.2) is 0 Å². The van der Waals surface area contributed by atoms with Gasteiger partial charge in [-0.3, -0.25) is 4.90 Å². The van der Waals surface area contributed by atoms with E-state index in [0.29, 0.717) is 12.2 Å². The fourth-order valence-corrected chi connectivity index (χ4v) is 4.38. The fourth-order valence-electron chi connectivity index (χ4n) is 4.38. The molecule has 0 amide bonds. The molecule has 3 fully saturated rings. The Morgan fingerprint density at radius 1 is 0.909 bits per heavy atom. The van der Waals surface area contributed by atoms with Crippen molar-refractivity contribution in [3.05, 3.63) is 0 Å². The van der Waals surface area contributed by atoms with E-state index < -0.39 is 0 Å². The average molecular weight is 310 g/mol. The average Bonchev–Trinajstić information content (AvgIpc) is 2.98. The minimum atomic E-state index is 0.402. The zero-order valence-electron chi connectivity index (χ0n) is 14.5. The number of morpholine rings is 1. The van der Waals surface area contributed by atoms with E-state index in [-0.39, 0.29) is 0 Å². The molecule has 0 N–H and O–H groups in total. The molecule has 0 radical (unpaired) electrons. The van der Waals surface area contributed by atoms with Crippen LogP contribution in [0.4, 0.5) is 0 Å². The third-order valence-electron chi connectivity index (χ3n) is 5.60. The minimum Gasteiger partial charge on any atom is -0.381 e. The van der Waals surface area contributed by atoms with Gasteiger partial charge in [0.2, 0.25) is 0 Å². The summed E-state index contributed by atoms with van der Waals surface area (Å²) in [6.07, 6.45) is 6.23. The lowest BCUT2D eigenvalue weighted by Crippen LogP contribution is -2.46. The number of piperidine rings is 1. The van der Waals surface area contributed by atoms with Crippen molar-refractivity contribution >= 4 is 0 Å². The molecule has 3 heterocycles. The van der Waals surface area contributed by atoms with Crippen LogP contribution >= 0.6 is 0 Å². The Morgan fingerprint density at radius 2 is 1.64 bits per heavy atom. The van der Waals surface area contributed by atoms with Gasteiger partial charge >= 0.3 is 0 Å². The minimum absolute atomic E-state index is 0.402. The standard InChI is InChI=1S/C18H34N2O2/c1-15-11-20(12-16(2)22-15)9-5-17-3-7-19(8-4-17)13-18-6-10-21-14-18/h15-18H,3-14H2,1-2H3/t15-,16+,18-/m1/s1. The van der Waals surface area contributed by atoms with E-state index >= 15 is 0 Å². The lowest BCUT2D eigenvalue weighted by molar-refractivity contribution is -0.0693. The lowest BCUT2D eigenvalue weighted by atomic mass is 9.92. The molecule has 3 aliphatic heterocycles. The highest BCUT2D eigenvalue weighted by Crippen LogP contribution is 2.24. The van der Waals surface area contributed by atoms with E-state index in [1.54, 1.807) is 0 Å². The topological polar surface area (TPSA) is 24.9 Å². The molecule has 22 heavy (non-hydrogen) atoms. The molecule has 3 aliphatic rings.